The smallest absolute Gasteiger partial charge is 0.320 e. The van der Waals surface area contributed by atoms with E-state index in [0.29, 0.717) is 6.04 Å². The molecular weight excluding hydrogens is 202 g/mol. The van der Waals surface area contributed by atoms with Gasteiger partial charge in [-0.05, 0) is 19.8 Å². The highest BCUT2D eigenvalue weighted by Gasteiger charge is 2.25. The van der Waals surface area contributed by atoms with Crippen LogP contribution in [0, 0.1) is 0 Å². The van der Waals surface area contributed by atoms with Crippen molar-refractivity contribution in [1.29, 1.82) is 0 Å². The summed E-state index contributed by atoms with van der Waals surface area (Å²) in [4.78, 5) is 16.3. The van der Waals surface area contributed by atoms with E-state index in [1.165, 1.54) is 25.7 Å². The molecule has 2 rings (SSSR count). The van der Waals surface area contributed by atoms with E-state index in [-0.39, 0.29) is 6.03 Å². The molecule has 0 aliphatic carbocycles. The van der Waals surface area contributed by atoms with Crippen LogP contribution in [0.25, 0.3) is 0 Å². The zero-order valence-corrected chi connectivity index (χ0v) is 10.2. The number of piperazine rings is 1. The molecular formula is C12H23N3O. The molecule has 16 heavy (non-hydrogen) atoms. The third-order valence-corrected chi connectivity index (χ3v) is 3.52. The van der Waals surface area contributed by atoms with E-state index in [1.54, 1.807) is 0 Å². The Kier molecular flexibility index (Phi) is 4.04. The lowest BCUT2D eigenvalue weighted by Gasteiger charge is -2.35. The fraction of sp³-hybridized carbons (Fsp3) is 0.917. The zero-order chi connectivity index (χ0) is 11.4. The van der Waals surface area contributed by atoms with Crippen LogP contribution in [0.5, 0.6) is 0 Å². The maximum atomic E-state index is 12.3. The van der Waals surface area contributed by atoms with Gasteiger partial charge in [-0.15, -0.1) is 0 Å². The number of carbonyl (C=O) groups excluding carboxylic acids is 1. The van der Waals surface area contributed by atoms with Gasteiger partial charge in [0, 0.05) is 38.8 Å². The molecule has 0 bridgehead atoms. The van der Waals surface area contributed by atoms with E-state index in [2.05, 4.69) is 12.2 Å². The van der Waals surface area contributed by atoms with Crippen LogP contribution in [0.15, 0.2) is 0 Å². The van der Waals surface area contributed by atoms with Gasteiger partial charge in [0.05, 0.1) is 0 Å². The van der Waals surface area contributed by atoms with Crippen LogP contribution in [0.2, 0.25) is 0 Å². The van der Waals surface area contributed by atoms with Crippen molar-refractivity contribution in [2.45, 2.75) is 38.6 Å². The molecule has 0 radical (unpaired) electrons. The SMILES string of the molecule is CC1CN(C(=O)N2CCCCCC2)CCN1. The first-order valence-electron chi connectivity index (χ1n) is 6.54. The molecule has 2 aliphatic rings. The molecule has 2 saturated heterocycles. The monoisotopic (exact) mass is 225 g/mol. The van der Waals surface area contributed by atoms with E-state index < -0.39 is 0 Å². The summed E-state index contributed by atoms with van der Waals surface area (Å²) in [5.74, 6) is 0. The molecule has 4 nitrogen and oxygen atoms in total. The molecule has 0 saturated carbocycles. The van der Waals surface area contributed by atoms with Crippen molar-refractivity contribution >= 4 is 6.03 Å². The summed E-state index contributed by atoms with van der Waals surface area (Å²) in [6.07, 6.45) is 4.91. The number of urea groups is 1. The molecule has 0 aromatic rings. The molecule has 2 aliphatic heterocycles. The van der Waals surface area contributed by atoms with Gasteiger partial charge in [0.15, 0.2) is 0 Å². The fourth-order valence-electron chi connectivity index (χ4n) is 2.57. The highest BCUT2D eigenvalue weighted by molar-refractivity contribution is 5.74. The predicted octanol–water partition coefficient (Wildman–Crippen LogP) is 1.28. The first kappa shape index (κ1) is 11.7. The summed E-state index contributed by atoms with van der Waals surface area (Å²) in [5, 5.41) is 3.37. The van der Waals surface area contributed by atoms with Crippen molar-refractivity contribution in [2.24, 2.45) is 0 Å². The first-order valence-corrected chi connectivity index (χ1v) is 6.54. The predicted molar refractivity (Wildman–Crippen MR) is 64.5 cm³/mol. The summed E-state index contributed by atoms with van der Waals surface area (Å²) in [6.45, 7) is 6.70. The number of nitrogens with one attached hydrogen (secondary N) is 1. The second-order valence-corrected chi connectivity index (χ2v) is 4.99. The van der Waals surface area contributed by atoms with E-state index in [9.17, 15) is 4.79 Å². The zero-order valence-electron chi connectivity index (χ0n) is 10.2. The Bertz CT molecular complexity index is 232. The minimum absolute atomic E-state index is 0.259. The van der Waals surface area contributed by atoms with Crippen molar-refractivity contribution < 1.29 is 4.79 Å². The van der Waals surface area contributed by atoms with E-state index in [0.717, 1.165) is 32.7 Å². The maximum absolute atomic E-state index is 12.3. The molecule has 1 unspecified atom stereocenters. The minimum Gasteiger partial charge on any atom is -0.325 e. The lowest BCUT2D eigenvalue weighted by Crippen LogP contribution is -2.55. The van der Waals surface area contributed by atoms with Crippen LogP contribution in [-0.4, -0.2) is 54.6 Å². The third-order valence-electron chi connectivity index (χ3n) is 3.52. The molecule has 2 amide bonds. The molecule has 2 fully saturated rings. The third kappa shape index (κ3) is 2.88. The number of hydrogen-bond donors (Lipinski definition) is 1. The fourth-order valence-corrected chi connectivity index (χ4v) is 2.57. The topological polar surface area (TPSA) is 35.6 Å². The molecule has 92 valence electrons. The summed E-state index contributed by atoms with van der Waals surface area (Å²) in [6, 6.07) is 0.694. The van der Waals surface area contributed by atoms with Gasteiger partial charge in [0.1, 0.15) is 0 Å². The van der Waals surface area contributed by atoms with Crippen LogP contribution in [-0.2, 0) is 0 Å². The Morgan fingerprint density at radius 3 is 2.38 bits per heavy atom. The van der Waals surface area contributed by atoms with Gasteiger partial charge < -0.3 is 15.1 Å². The normalized spacial score (nSPS) is 27.7. The number of rotatable bonds is 0. The molecule has 0 aromatic carbocycles. The first-order chi connectivity index (χ1) is 7.77. The van der Waals surface area contributed by atoms with Crippen LogP contribution in [0.4, 0.5) is 4.79 Å². The number of hydrogen-bond acceptors (Lipinski definition) is 2. The Balaban J connectivity index is 1.89. The standard InChI is InChI=1S/C12H23N3O/c1-11-10-15(9-6-13-11)12(16)14-7-4-2-3-5-8-14/h11,13H,2-10H2,1H3. The van der Waals surface area contributed by atoms with Gasteiger partial charge in [-0.25, -0.2) is 4.79 Å². The van der Waals surface area contributed by atoms with Crippen LogP contribution < -0.4 is 5.32 Å². The number of amides is 2. The Labute approximate surface area is 98.0 Å². The van der Waals surface area contributed by atoms with Crippen molar-refractivity contribution in [2.75, 3.05) is 32.7 Å². The van der Waals surface area contributed by atoms with Crippen LogP contribution >= 0.6 is 0 Å². The summed E-state index contributed by atoms with van der Waals surface area (Å²) in [5.41, 5.74) is 0. The number of carbonyl (C=O) groups is 1. The van der Waals surface area contributed by atoms with Gasteiger partial charge >= 0.3 is 6.03 Å². The van der Waals surface area contributed by atoms with Crippen LogP contribution in [0.3, 0.4) is 0 Å². The van der Waals surface area contributed by atoms with Crippen molar-refractivity contribution in [3.05, 3.63) is 0 Å². The van der Waals surface area contributed by atoms with Gasteiger partial charge in [-0.2, -0.15) is 0 Å². The van der Waals surface area contributed by atoms with Gasteiger partial charge in [0.2, 0.25) is 0 Å². The largest absolute Gasteiger partial charge is 0.325 e. The van der Waals surface area contributed by atoms with Crippen molar-refractivity contribution in [1.82, 2.24) is 15.1 Å². The lowest BCUT2D eigenvalue weighted by molar-refractivity contribution is 0.140. The van der Waals surface area contributed by atoms with Crippen LogP contribution in [0.1, 0.15) is 32.6 Å². The summed E-state index contributed by atoms with van der Waals surface area (Å²) in [7, 11) is 0. The van der Waals surface area contributed by atoms with E-state index >= 15 is 0 Å². The molecule has 4 heteroatoms. The van der Waals surface area contributed by atoms with Gasteiger partial charge in [-0.3, -0.25) is 0 Å². The van der Waals surface area contributed by atoms with Gasteiger partial charge in [-0.1, -0.05) is 12.8 Å². The summed E-state index contributed by atoms with van der Waals surface area (Å²) < 4.78 is 0. The Morgan fingerprint density at radius 1 is 1.06 bits per heavy atom. The van der Waals surface area contributed by atoms with E-state index in [4.69, 9.17) is 0 Å². The summed E-state index contributed by atoms with van der Waals surface area (Å²) >= 11 is 0. The highest BCUT2D eigenvalue weighted by atomic mass is 16.2. The van der Waals surface area contributed by atoms with Crippen molar-refractivity contribution in [3.8, 4) is 0 Å². The molecule has 0 aromatic heterocycles. The molecule has 0 spiro atoms. The average molecular weight is 225 g/mol. The molecule has 1 N–H and O–H groups in total. The molecule has 2 heterocycles. The highest BCUT2D eigenvalue weighted by Crippen LogP contribution is 2.12. The van der Waals surface area contributed by atoms with Crippen molar-refractivity contribution in [3.63, 3.8) is 0 Å². The maximum Gasteiger partial charge on any atom is 0.320 e. The quantitative estimate of drug-likeness (QED) is 0.674. The second-order valence-electron chi connectivity index (χ2n) is 4.99. The Hall–Kier alpha value is -0.770. The van der Waals surface area contributed by atoms with E-state index in [1.807, 2.05) is 9.80 Å². The average Bonchev–Trinajstić information content (AvgIpc) is 2.56. The number of nitrogens with zero attached hydrogens (tertiary/aromatic N) is 2. The minimum atomic E-state index is 0.259. The lowest BCUT2D eigenvalue weighted by atomic mass is 10.2. The Morgan fingerprint density at radius 2 is 1.75 bits per heavy atom. The second kappa shape index (κ2) is 5.53. The number of likely N-dealkylation sites (tertiary alicyclic amines) is 1. The van der Waals surface area contributed by atoms with Gasteiger partial charge in [0.25, 0.3) is 0 Å². The molecule has 1 atom stereocenters.